The third-order valence-electron chi connectivity index (χ3n) is 1.79. The van der Waals surface area contributed by atoms with Gasteiger partial charge in [0.2, 0.25) is 5.95 Å². The number of nitrogens with zero attached hydrogens (tertiary/aromatic N) is 1. The maximum Gasteiger partial charge on any atom is 0.342 e. The first-order chi connectivity index (χ1) is 6.56. The minimum absolute atomic E-state index is 0.192. The molecule has 5 heteroatoms. The largest absolute Gasteiger partial charge is 0.465 e. The van der Waals surface area contributed by atoms with Gasteiger partial charge in [0.15, 0.2) is 0 Å². The first kappa shape index (κ1) is 10.6. The summed E-state index contributed by atoms with van der Waals surface area (Å²) in [5, 5.41) is 0. The fraction of sp³-hybridized carbons (Fsp3) is 0.333. The lowest BCUT2D eigenvalue weighted by Crippen LogP contribution is -2.11. The van der Waals surface area contributed by atoms with Crippen molar-refractivity contribution in [2.45, 2.75) is 13.0 Å². The van der Waals surface area contributed by atoms with E-state index in [2.05, 4.69) is 9.72 Å². The summed E-state index contributed by atoms with van der Waals surface area (Å²) in [6, 6.07) is 1.05. The molecular weight excluding hydrogens is 187 g/mol. The van der Waals surface area contributed by atoms with Crippen molar-refractivity contribution in [2.75, 3.05) is 7.11 Å². The highest BCUT2D eigenvalue weighted by Gasteiger charge is 2.14. The van der Waals surface area contributed by atoms with E-state index in [-0.39, 0.29) is 11.6 Å². The van der Waals surface area contributed by atoms with Gasteiger partial charge in [0.1, 0.15) is 5.56 Å². The maximum atomic E-state index is 13.0. The molecule has 0 saturated heterocycles. The average Bonchev–Trinajstić information content (AvgIpc) is 2.17. The fourth-order valence-corrected chi connectivity index (χ4v) is 0.966. The number of ether oxygens (including phenoxy) is 1. The van der Waals surface area contributed by atoms with Gasteiger partial charge < -0.3 is 10.5 Å². The average molecular weight is 198 g/mol. The molecule has 0 saturated carbocycles. The van der Waals surface area contributed by atoms with Crippen LogP contribution in [0.5, 0.6) is 0 Å². The van der Waals surface area contributed by atoms with Gasteiger partial charge in [-0.3, -0.25) is 0 Å². The van der Waals surface area contributed by atoms with Crippen LogP contribution in [0.25, 0.3) is 0 Å². The Morgan fingerprint density at radius 3 is 2.86 bits per heavy atom. The van der Waals surface area contributed by atoms with Crippen LogP contribution in [-0.2, 0) is 4.74 Å². The lowest BCUT2D eigenvalue weighted by Gasteiger charge is -2.06. The standard InChI is InChI=1S/C9H11FN2O2/c1-5(11)6-3-7(9(13)14-2)8(10)12-4-6/h3-5H,11H2,1-2H3/t5-/m1/s1. The number of rotatable bonds is 2. The maximum absolute atomic E-state index is 13.0. The number of carbonyl (C=O) groups excluding carboxylic acids is 1. The number of halogens is 1. The SMILES string of the molecule is COC(=O)c1cc([C@@H](C)N)cnc1F. The summed E-state index contributed by atoms with van der Waals surface area (Å²) in [4.78, 5) is 14.5. The molecule has 0 fully saturated rings. The number of aromatic nitrogens is 1. The zero-order chi connectivity index (χ0) is 10.7. The molecule has 0 aliphatic carbocycles. The number of pyridine rings is 1. The van der Waals surface area contributed by atoms with Crippen LogP contribution in [0.15, 0.2) is 12.3 Å². The van der Waals surface area contributed by atoms with Gasteiger partial charge in [-0.2, -0.15) is 4.39 Å². The molecule has 0 aliphatic rings. The van der Waals surface area contributed by atoms with Gasteiger partial charge in [-0.25, -0.2) is 9.78 Å². The summed E-state index contributed by atoms with van der Waals surface area (Å²) in [5.74, 6) is -1.60. The van der Waals surface area contributed by atoms with E-state index < -0.39 is 11.9 Å². The van der Waals surface area contributed by atoms with Crippen LogP contribution in [0, 0.1) is 5.95 Å². The topological polar surface area (TPSA) is 65.2 Å². The number of hydrogen-bond acceptors (Lipinski definition) is 4. The molecule has 0 aliphatic heterocycles. The fourth-order valence-electron chi connectivity index (χ4n) is 0.966. The molecule has 1 rings (SSSR count). The Morgan fingerprint density at radius 1 is 1.71 bits per heavy atom. The van der Waals surface area contributed by atoms with Gasteiger partial charge in [0.25, 0.3) is 0 Å². The highest BCUT2D eigenvalue weighted by atomic mass is 19.1. The van der Waals surface area contributed by atoms with E-state index in [1.807, 2.05) is 0 Å². The Bertz CT molecular complexity index is 353. The highest BCUT2D eigenvalue weighted by molar-refractivity contribution is 5.89. The molecule has 0 unspecified atom stereocenters. The summed E-state index contributed by atoms with van der Waals surface area (Å²) in [7, 11) is 1.18. The molecule has 0 spiro atoms. The predicted molar refractivity (Wildman–Crippen MR) is 48.1 cm³/mol. The molecule has 76 valence electrons. The number of carbonyl (C=O) groups is 1. The molecular formula is C9H11FN2O2. The summed E-state index contributed by atoms with van der Waals surface area (Å²) >= 11 is 0. The van der Waals surface area contributed by atoms with Crippen LogP contribution in [-0.4, -0.2) is 18.1 Å². The molecule has 0 aromatic carbocycles. The third kappa shape index (κ3) is 2.05. The van der Waals surface area contributed by atoms with E-state index in [0.717, 1.165) is 0 Å². The molecule has 2 N–H and O–H groups in total. The van der Waals surface area contributed by atoms with Crippen molar-refractivity contribution in [1.82, 2.24) is 4.98 Å². The van der Waals surface area contributed by atoms with Crippen LogP contribution in [0.2, 0.25) is 0 Å². The Kier molecular flexibility index (Phi) is 3.14. The second-order valence-electron chi connectivity index (χ2n) is 2.89. The lowest BCUT2D eigenvalue weighted by molar-refractivity contribution is 0.0594. The number of hydrogen-bond donors (Lipinski definition) is 1. The van der Waals surface area contributed by atoms with Crippen molar-refractivity contribution in [1.29, 1.82) is 0 Å². The van der Waals surface area contributed by atoms with Crippen molar-refractivity contribution >= 4 is 5.97 Å². The van der Waals surface area contributed by atoms with Crippen molar-refractivity contribution in [3.05, 3.63) is 29.3 Å². The van der Waals surface area contributed by atoms with E-state index in [4.69, 9.17) is 5.73 Å². The van der Waals surface area contributed by atoms with Gasteiger partial charge in [0.05, 0.1) is 7.11 Å². The van der Waals surface area contributed by atoms with E-state index >= 15 is 0 Å². The summed E-state index contributed by atoms with van der Waals surface area (Å²) < 4.78 is 17.4. The number of esters is 1. The first-order valence-electron chi connectivity index (χ1n) is 4.05. The molecule has 1 heterocycles. The third-order valence-corrected chi connectivity index (χ3v) is 1.79. The van der Waals surface area contributed by atoms with Crippen molar-refractivity contribution in [3.63, 3.8) is 0 Å². The van der Waals surface area contributed by atoms with E-state index in [1.54, 1.807) is 6.92 Å². The van der Waals surface area contributed by atoms with Crippen LogP contribution >= 0.6 is 0 Å². The zero-order valence-electron chi connectivity index (χ0n) is 7.95. The second-order valence-corrected chi connectivity index (χ2v) is 2.89. The minimum atomic E-state index is -0.846. The molecule has 0 radical (unpaired) electrons. The smallest absolute Gasteiger partial charge is 0.342 e. The van der Waals surface area contributed by atoms with Gasteiger partial charge in [-0.15, -0.1) is 0 Å². The van der Waals surface area contributed by atoms with Crippen molar-refractivity contribution in [2.24, 2.45) is 5.73 Å². The molecule has 0 bridgehead atoms. The Labute approximate surface area is 80.9 Å². The Hall–Kier alpha value is -1.49. The Balaban J connectivity index is 3.15. The number of nitrogens with two attached hydrogens (primary N) is 1. The molecule has 4 nitrogen and oxygen atoms in total. The van der Waals surface area contributed by atoms with Gasteiger partial charge in [-0.1, -0.05) is 0 Å². The summed E-state index contributed by atoms with van der Waals surface area (Å²) in [6.45, 7) is 1.72. The monoisotopic (exact) mass is 198 g/mol. The number of methoxy groups -OCH3 is 1. The predicted octanol–water partition coefficient (Wildman–Crippen LogP) is 1.03. The molecule has 1 atom stereocenters. The summed E-state index contributed by atoms with van der Waals surface area (Å²) in [5.41, 5.74) is 5.96. The van der Waals surface area contributed by atoms with E-state index in [0.29, 0.717) is 5.56 Å². The molecule has 1 aromatic heterocycles. The van der Waals surface area contributed by atoms with Gasteiger partial charge in [-0.05, 0) is 18.6 Å². The summed E-state index contributed by atoms with van der Waals surface area (Å²) in [6.07, 6.45) is 1.30. The molecule has 1 aromatic rings. The zero-order valence-corrected chi connectivity index (χ0v) is 7.95. The first-order valence-corrected chi connectivity index (χ1v) is 4.05. The highest BCUT2D eigenvalue weighted by Crippen LogP contribution is 2.13. The minimum Gasteiger partial charge on any atom is -0.465 e. The van der Waals surface area contributed by atoms with Gasteiger partial charge in [0, 0.05) is 12.2 Å². The molecule has 0 amide bonds. The normalized spacial score (nSPS) is 12.3. The van der Waals surface area contributed by atoms with Crippen LogP contribution < -0.4 is 5.73 Å². The quantitative estimate of drug-likeness (QED) is 0.569. The van der Waals surface area contributed by atoms with Crippen molar-refractivity contribution < 1.29 is 13.9 Å². The Morgan fingerprint density at radius 2 is 2.36 bits per heavy atom. The van der Waals surface area contributed by atoms with Crippen LogP contribution in [0.3, 0.4) is 0 Å². The van der Waals surface area contributed by atoms with E-state index in [1.165, 1.54) is 19.4 Å². The lowest BCUT2D eigenvalue weighted by atomic mass is 10.1. The van der Waals surface area contributed by atoms with Gasteiger partial charge >= 0.3 is 5.97 Å². The molecule has 14 heavy (non-hydrogen) atoms. The van der Waals surface area contributed by atoms with E-state index in [9.17, 15) is 9.18 Å². The van der Waals surface area contributed by atoms with Crippen molar-refractivity contribution in [3.8, 4) is 0 Å². The second kappa shape index (κ2) is 4.15. The van der Waals surface area contributed by atoms with Crippen LogP contribution in [0.1, 0.15) is 28.9 Å². The van der Waals surface area contributed by atoms with Crippen LogP contribution in [0.4, 0.5) is 4.39 Å².